The maximum Gasteiger partial charge on any atom is 0.326 e. The van der Waals surface area contributed by atoms with Gasteiger partial charge in [0.05, 0.1) is 12.1 Å². The van der Waals surface area contributed by atoms with Crippen molar-refractivity contribution in [2.45, 2.75) is 69.3 Å². The molecular weight excluding hydrogens is 528 g/mol. The molecule has 0 saturated heterocycles. The number of H-pyrrole nitrogens is 1. The highest BCUT2D eigenvalue weighted by atomic mass is 16.4. The molecule has 15 nitrogen and oxygen atoms in total. The van der Waals surface area contributed by atoms with Crippen molar-refractivity contribution in [1.29, 1.82) is 0 Å². The molecule has 0 radical (unpaired) electrons. The third-order valence-corrected chi connectivity index (χ3v) is 6.09. The fraction of sp³-hybridized carbons (Fsp3) is 0.440. The van der Waals surface area contributed by atoms with Crippen LogP contribution in [0.25, 0.3) is 10.9 Å². The number of fused-ring (bicyclic) bond motifs is 1. The summed E-state index contributed by atoms with van der Waals surface area (Å²) in [5, 5.41) is 35.8. The number of hydrogen-bond acceptors (Lipinski definition) is 8. The number of aromatic nitrogens is 1. The summed E-state index contributed by atoms with van der Waals surface area (Å²) >= 11 is 0. The summed E-state index contributed by atoms with van der Waals surface area (Å²) in [6.07, 6.45) is -1.25. The van der Waals surface area contributed by atoms with Gasteiger partial charge in [0.25, 0.3) is 0 Å². The molecule has 2 rings (SSSR count). The lowest BCUT2D eigenvalue weighted by Gasteiger charge is -2.26. The van der Waals surface area contributed by atoms with Crippen molar-refractivity contribution < 1.29 is 44.1 Å². The quantitative estimate of drug-likeness (QED) is 0.109. The molecule has 2 aromatic rings. The van der Waals surface area contributed by atoms with Crippen molar-refractivity contribution in [2.75, 3.05) is 0 Å². The molecule has 15 heteroatoms. The molecular formula is C25H34N6O9. The van der Waals surface area contributed by atoms with Gasteiger partial charge in [-0.25, -0.2) is 4.79 Å². The van der Waals surface area contributed by atoms with Crippen LogP contribution in [-0.2, 0) is 35.2 Å². The molecule has 0 aliphatic heterocycles. The Morgan fingerprint density at radius 2 is 1.52 bits per heavy atom. The molecule has 1 heterocycles. The van der Waals surface area contributed by atoms with Gasteiger partial charge in [-0.05, 0) is 37.8 Å². The molecule has 0 aliphatic carbocycles. The highest BCUT2D eigenvalue weighted by molar-refractivity contribution is 5.95. The maximum atomic E-state index is 13.1. The highest BCUT2D eigenvalue weighted by Crippen LogP contribution is 2.19. The van der Waals surface area contributed by atoms with Crippen LogP contribution in [0.5, 0.6) is 0 Å². The summed E-state index contributed by atoms with van der Waals surface area (Å²) in [4.78, 5) is 75.3. The fourth-order valence-corrected chi connectivity index (χ4v) is 3.91. The van der Waals surface area contributed by atoms with Crippen LogP contribution in [0.1, 0.15) is 38.2 Å². The molecule has 0 bridgehead atoms. The van der Waals surface area contributed by atoms with Crippen LogP contribution in [0, 0.1) is 0 Å². The van der Waals surface area contributed by atoms with Crippen LogP contribution < -0.4 is 27.4 Å². The maximum absolute atomic E-state index is 13.1. The lowest BCUT2D eigenvalue weighted by Crippen LogP contribution is -2.60. The number of carbonyl (C=O) groups excluding carboxylic acids is 4. The minimum absolute atomic E-state index is 0.117. The first kappa shape index (κ1) is 31.7. The van der Waals surface area contributed by atoms with E-state index in [1.165, 1.54) is 0 Å². The van der Waals surface area contributed by atoms with E-state index in [-0.39, 0.29) is 19.3 Å². The molecule has 1 aromatic carbocycles. The van der Waals surface area contributed by atoms with E-state index in [9.17, 15) is 39.0 Å². The number of amides is 4. The van der Waals surface area contributed by atoms with Crippen molar-refractivity contribution in [2.24, 2.45) is 11.5 Å². The Morgan fingerprint density at radius 3 is 2.12 bits per heavy atom. The Balaban J connectivity index is 2.13. The van der Waals surface area contributed by atoms with Crippen molar-refractivity contribution >= 4 is 46.5 Å². The second kappa shape index (κ2) is 14.6. The van der Waals surface area contributed by atoms with E-state index in [0.29, 0.717) is 0 Å². The van der Waals surface area contributed by atoms with Crippen LogP contribution in [0.4, 0.5) is 0 Å². The van der Waals surface area contributed by atoms with Crippen molar-refractivity contribution in [1.82, 2.24) is 20.9 Å². The predicted molar refractivity (Wildman–Crippen MR) is 140 cm³/mol. The fourth-order valence-electron chi connectivity index (χ4n) is 3.91. The van der Waals surface area contributed by atoms with E-state index < -0.39 is 78.7 Å². The zero-order chi connectivity index (χ0) is 30.0. The molecule has 4 amide bonds. The summed E-state index contributed by atoms with van der Waals surface area (Å²) in [5.74, 6) is -6.35. The standard InChI is InChI=1S/C25H34N6O9/c1-12(32)21(24(38)30-18(25(39)40)7-9-20(34)35)31-23(37)17(6-8-19(27)33)29-22(36)15(26)10-13-11-28-16-5-3-2-4-14(13)16/h2-5,11-12,15,17-18,21,28,32H,6-10,26H2,1H3,(H2,27,33)(H,29,36)(H,30,38)(H,31,37)(H,34,35)(H,39,40). The van der Waals surface area contributed by atoms with E-state index in [4.69, 9.17) is 16.6 Å². The number of aromatic amines is 1. The van der Waals surface area contributed by atoms with Gasteiger partial charge in [-0.15, -0.1) is 0 Å². The van der Waals surface area contributed by atoms with Crippen LogP contribution in [0.15, 0.2) is 30.5 Å². The number of aliphatic carboxylic acids is 2. The normalized spacial score (nSPS) is 14.8. The Kier molecular flexibility index (Phi) is 11.6. The Bertz CT molecular complexity index is 1240. The van der Waals surface area contributed by atoms with E-state index in [1.54, 1.807) is 6.20 Å². The average Bonchev–Trinajstić information content (AvgIpc) is 3.29. The molecule has 40 heavy (non-hydrogen) atoms. The number of carbonyl (C=O) groups is 6. The molecule has 1 aromatic heterocycles. The van der Waals surface area contributed by atoms with Crippen LogP contribution in [-0.4, -0.2) is 86.1 Å². The van der Waals surface area contributed by atoms with Gasteiger partial charge in [-0.2, -0.15) is 0 Å². The largest absolute Gasteiger partial charge is 0.481 e. The predicted octanol–water partition coefficient (Wildman–Crippen LogP) is -1.91. The number of aliphatic hydroxyl groups is 1. The SMILES string of the molecule is CC(O)C(NC(=O)C(CCC(N)=O)NC(=O)C(N)Cc1c[nH]c2ccccc12)C(=O)NC(CCC(=O)O)C(=O)O. The van der Waals surface area contributed by atoms with Gasteiger partial charge < -0.3 is 47.7 Å². The van der Waals surface area contributed by atoms with E-state index in [0.717, 1.165) is 23.4 Å². The number of para-hydroxylation sites is 1. The third-order valence-electron chi connectivity index (χ3n) is 6.09. The molecule has 0 aliphatic rings. The summed E-state index contributed by atoms with van der Waals surface area (Å²) in [6, 6.07) is 1.63. The van der Waals surface area contributed by atoms with Gasteiger partial charge >= 0.3 is 11.9 Å². The number of primary amides is 1. The van der Waals surface area contributed by atoms with Gasteiger partial charge in [0, 0.05) is 29.9 Å². The number of nitrogens with one attached hydrogen (secondary N) is 4. The van der Waals surface area contributed by atoms with Crippen LogP contribution in [0.2, 0.25) is 0 Å². The number of nitrogens with two attached hydrogens (primary N) is 2. The second-order valence-electron chi connectivity index (χ2n) is 9.29. The minimum Gasteiger partial charge on any atom is -0.481 e. The Morgan fingerprint density at radius 1 is 0.900 bits per heavy atom. The summed E-state index contributed by atoms with van der Waals surface area (Å²) in [6.45, 7) is 1.16. The topological polar surface area (TPSA) is 267 Å². The zero-order valence-electron chi connectivity index (χ0n) is 21.8. The number of carboxylic acid groups (broad SMARTS) is 2. The number of benzene rings is 1. The molecule has 0 spiro atoms. The molecule has 0 fully saturated rings. The molecule has 5 atom stereocenters. The van der Waals surface area contributed by atoms with Crippen molar-refractivity contribution in [3.05, 3.63) is 36.0 Å². The number of carboxylic acids is 2. The van der Waals surface area contributed by atoms with Gasteiger partial charge in [0.2, 0.25) is 23.6 Å². The summed E-state index contributed by atoms with van der Waals surface area (Å²) in [7, 11) is 0. The second-order valence-corrected chi connectivity index (χ2v) is 9.29. The zero-order valence-corrected chi connectivity index (χ0v) is 21.8. The lowest BCUT2D eigenvalue weighted by atomic mass is 10.0. The van der Waals surface area contributed by atoms with Gasteiger partial charge in [-0.3, -0.25) is 24.0 Å². The monoisotopic (exact) mass is 562 g/mol. The Labute approximate surface area is 228 Å². The van der Waals surface area contributed by atoms with Gasteiger partial charge in [-0.1, -0.05) is 18.2 Å². The van der Waals surface area contributed by atoms with Crippen LogP contribution >= 0.6 is 0 Å². The van der Waals surface area contributed by atoms with Crippen molar-refractivity contribution in [3.8, 4) is 0 Å². The molecule has 0 saturated carbocycles. The first-order valence-electron chi connectivity index (χ1n) is 12.4. The van der Waals surface area contributed by atoms with E-state index in [1.807, 2.05) is 24.3 Å². The van der Waals surface area contributed by atoms with E-state index in [2.05, 4.69) is 20.9 Å². The lowest BCUT2D eigenvalue weighted by molar-refractivity contribution is -0.144. The third kappa shape index (κ3) is 9.36. The number of aliphatic hydroxyl groups excluding tert-OH is 1. The van der Waals surface area contributed by atoms with Crippen molar-refractivity contribution in [3.63, 3.8) is 0 Å². The average molecular weight is 563 g/mol. The number of hydrogen-bond donors (Lipinski definition) is 9. The Hall–Kier alpha value is -4.50. The molecule has 5 unspecified atom stereocenters. The molecule has 218 valence electrons. The molecule has 11 N–H and O–H groups in total. The summed E-state index contributed by atoms with van der Waals surface area (Å²) in [5.41, 5.74) is 12.9. The summed E-state index contributed by atoms with van der Waals surface area (Å²) < 4.78 is 0. The first-order valence-corrected chi connectivity index (χ1v) is 12.4. The highest BCUT2D eigenvalue weighted by Gasteiger charge is 2.33. The minimum atomic E-state index is -1.67. The van der Waals surface area contributed by atoms with E-state index >= 15 is 0 Å². The first-order chi connectivity index (χ1) is 18.8. The van der Waals surface area contributed by atoms with Crippen LogP contribution in [0.3, 0.4) is 0 Å². The van der Waals surface area contributed by atoms with Gasteiger partial charge in [0.1, 0.15) is 18.1 Å². The smallest absolute Gasteiger partial charge is 0.326 e. The van der Waals surface area contributed by atoms with Gasteiger partial charge in [0.15, 0.2) is 0 Å². The number of rotatable bonds is 16.